The molecule has 0 aliphatic carbocycles. The number of carbonyl (C=O) groups is 2. The van der Waals surface area contributed by atoms with E-state index in [2.05, 4.69) is 18.7 Å². The number of aldehydes is 1. The maximum atomic E-state index is 12.3. The summed E-state index contributed by atoms with van der Waals surface area (Å²) < 4.78 is 5.45. The molecule has 0 saturated heterocycles. The molecule has 0 aliphatic heterocycles. The molecule has 23 heavy (non-hydrogen) atoms. The SMILES string of the molecule is CCN(CC)c1ccc(C=O)c(OC(=O)c2ccc(C)cc2)c1. The van der Waals surface area contributed by atoms with Crippen LogP contribution in [-0.4, -0.2) is 25.3 Å². The van der Waals surface area contributed by atoms with E-state index in [1.807, 2.05) is 25.1 Å². The quantitative estimate of drug-likeness (QED) is 0.461. The van der Waals surface area contributed by atoms with Gasteiger partial charge in [0.25, 0.3) is 0 Å². The molecule has 120 valence electrons. The highest BCUT2D eigenvalue weighted by Crippen LogP contribution is 2.25. The lowest BCUT2D eigenvalue weighted by molar-refractivity contribution is 0.0733. The lowest BCUT2D eigenvalue weighted by Crippen LogP contribution is -2.22. The van der Waals surface area contributed by atoms with Gasteiger partial charge in [-0.3, -0.25) is 4.79 Å². The van der Waals surface area contributed by atoms with E-state index < -0.39 is 5.97 Å². The van der Waals surface area contributed by atoms with Crippen molar-refractivity contribution in [2.24, 2.45) is 0 Å². The van der Waals surface area contributed by atoms with Crippen LogP contribution in [0, 0.1) is 6.92 Å². The van der Waals surface area contributed by atoms with Crippen LogP contribution in [0.5, 0.6) is 5.75 Å². The molecule has 0 unspecified atom stereocenters. The summed E-state index contributed by atoms with van der Waals surface area (Å²) in [5.41, 5.74) is 2.81. The first kappa shape index (κ1) is 16.7. The van der Waals surface area contributed by atoms with Crippen LogP contribution >= 0.6 is 0 Å². The summed E-state index contributed by atoms with van der Waals surface area (Å²) in [6, 6.07) is 12.4. The number of rotatable bonds is 6. The number of anilines is 1. The summed E-state index contributed by atoms with van der Waals surface area (Å²) in [5, 5.41) is 0. The van der Waals surface area contributed by atoms with Crippen molar-refractivity contribution in [1.82, 2.24) is 0 Å². The summed E-state index contributed by atoms with van der Waals surface area (Å²) >= 11 is 0. The van der Waals surface area contributed by atoms with E-state index in [9.17, 15) is 9.59 Å². The van der Waals surface area contributed by atoms with Crippen LogP contribution in [0.1, 0.15) is 40.1 Å². The van der Waals surface area contributed by atoms with Crippen molar-refractivity contribution in [3.05, 3.63) is 59.2 Å². The number of ether oxygens (including phenoxy) is 1. The number of benzene rings is 2. The molecule has 0 saturated carbocycles. The van der Waals surface area contributed by atoms with Gasteiger partial charge in [-0.1, -0.05) is 17.7 Å². The Morgan fingerprint density at radius 3 is 2.30 bits per heavy atom. The summed E-state index contributed by atoms with van der Waals surface area (Å²) in [7, 11) is 0. The van der Waals surface area contributed by atoms with Crippen molar-refractivity contribution in [1.29, 1.82) is 0 Å². The van der Waals surface area contributed by atoms with Gasteiger partial charge in [0, 0.05) is 24.8 Å². The molecule has 0 radical (unpaired) electrons. The molecular weight excluding hydrogens is 290 g/mol. The summed E-state index contributed by atoms with van der Waals surface area (Å²) in [4.78, 5) is 25.6. The Balaban J connectivity index is 2.29. The number of carbonyl (C=O) groups excluding carboxylic acids is 2. The fourth-order valence-corrected chi connectivity index (χ4v) is 2.34. The predicted molar refractivity (Wildman–Crippen MR) is 91.5 cm³/mol. The molecule has 4 heteroatoms. The van der Waals surface area contributed by atoms with E-state index in [0.29, 0.717) is 17.4 Å². The topological polar surface area (TPSA) is 46.6 Å². The smallest absolute Gasteiger partial charge is 0.343 e. The molecule has 0 aliphatic rings. The van der Waals surface area contributed by atoms with Gasteiger partial charge >= 0.3 is 5.97 Å². The first-order valence-electron chi connectivity index (χ1n) is 7.72. The van der Waals surface area contributed by atoms with E-state index in [0.717, 1.165) is 24.3 Å². The van der Waals surface area contributed by atoms with Crippen LogP contribution in [0.25, 0.3) is 0 Å². The lowest BCUT2D eigenvalue weighted by atomic mass is 10.1. The average molecular weight is 311 g/mol. The zero-order valence-electron chi connectivity index (χ0n) is 13.7. The molecule has 0 N–H and O–H groups in total. The van der Waals surface area contributed by atoms with E-state index >= 15 is 0 Å². The fraction of sp³-hybridized carbons (Fsp3) is 0.263. The molecule has 2 aromatic carbocycles. The monoisotopic (exact) mass is 311 g/mol. The highest BCUT2D eigenvalue weighted by atomic mass is 16.5. The molecule has 2 rings (SSSR count). The van der Waals surface area contributed by atoms with Gasteiger partial charge in [0.2, 0.25) is 0 Å². The molecule has 0 spiro atoms. The Morgan fingerprint density at radius 2 is 1.74 bits per heavy atom. The molecule has 0 atom stereocenters. The largest absolute Gasteiger partial charge is 0.422 e. The van der Waals surface area contributed by atoms with Crippen molar-refractivity contribution >= 4 is 17.9 Å². The third kappa shape index (κ3) is 3.97. The Labute approximate surface area is 136 Å². The molecule has 0 bridgehead atoms. The van der Waals surface area contributed by atoms with Crippen molar-refractivity contribution in [2.45, 2.75) is 20.8 Å². The van der Waals surface area contributed by atoms with Crippen molar-refractivity contribution in [3.8, 4) is 5.75 Å². The van der Waals surface area contributed by atoms with Crippen molar-refractivity contribution in [3.63, 3.8) is 0 Å². The van der Waals surface area contributed by atoms with Crippen LogP contribution in [-0.2, 0) is 0 Å². The first-order chi connectivity index (χ1) is 11.1. The zero-order valence-corrected chi connectivity index (χ0v) is 13.7. The number of nitrogens with zero attached hydrogens (tertiary/aromatic N) is 1. The van der Waals surface area contributed by atoms with Crippen LogP contribution in [0.15, 0.2) is 42.5 Å². The van der Waals surface area contributed by atoms with Gasteiger partial charge in [-0.05, 0) is 45.0 Å². The summed E-state index contributed by atoms with van der Waals surface area (Å²) in [6.07, 6.45) is 0.698. The van der Waals surface area contributed by atoms with Gasteiger partial charge in [-0.25, -0.2) is 4.79 Å². The zero-order chi connectivity index (χ0) is 16.8. The van der Waals surface area contributed by atoms with Gasteiger partial charge in [0.1, 0.15) is 5.75 Å². The molecule has 2 aromatic rings. The summed E-state index contributed by atoms with van der Waals surface area (Å²) in [5.74, 6) is -0.181. The van der Waals surface area contributed by atoms with E-state index in [1.165, 1.54) is 0 Å². The third-order valence-electron chi connectivity index (χ3n) is 3.74. The molecule has 0 aromatic heterocycles. The molecule has 0 heterocycles. The van der Waals surface area contributed by atoms with Gasteiger partial charge < -0.3 is 9.64 Å². The number of esters is 1. The minimum atomic E-state index is -0.468. The van der Waals surface area contributed by atoms with E-state index in [-0.39, 0.29) is 5.75 Å². The molecule has 0 fully saturated rings. The number of hydrogen-bond donors (Lipinski definition) is 0. The van der Waals surface area contributed by atoms with Gasteiger partial charge in [-0.2, -0.15) is 0 Å². The molecular formula is C19H21NO3. The van der Waals surface area contributed by atoms with E-state index in [4.69, 9.17) is 4.74 Å². The van der Waals surface area contributed by atoms with Crippen LogP contribution in [0.3, 0.4) is 0 Å². The molecule has 0 amide bonds. The fourth-order valence-electron chi connectivity index (χ4n) is 2.34. The highest BCUT2D eigenvalue weighted by molar-refractivity contribution is 5.93. The maximum Gasteiger partial charge on any atom is 0.343 e. The Morgan fingerprint density at radius 1 is 1.09 bits per heavy atom. The lowest BCUT2D eigenvalue weighted by Gasteiger charge is -2.22. The predicted octanol–water partition coefficient (Wildman–Crippen LogP) is 3.87. The normalized spacial score (nSPS) is 10.2. The van der Waals surface area contributed by atoms with Gasteiger partial charge in [0.05, 0.1) is 11.1 Å². The average Bonchev–Trinajstić information content (AvgIpc) is 2.57. The number of aryl methyl sites for hydroxylation is 1. The minimum Gasteiger partial charge on any atom is -0.422 e. The first-order valence-corrected chi connectivity index (χ1v) is 7.72. The van der Waals surface area contributed by atoms with Gasteiger partial charge in [-0.15, -0.1) is 0 Å². The second kappa shape index (κ2) is 7.58. The second-order valence-electron chi connectivity index (χ2n) is 5.27. The summed E-state index contributed by atoms with van der Waals surface area (Å²) in [6.45, 7) is 7.72. The third-order valence-corrected chi connectivity index (χ3v) is 3.74. The van der Waals surface area contributed by atoms with Crippen molar-refractivity contribution in [2.75, 3.05) is 18.0 Å². The second-order valence-corrected chi connectivity index (χ2v) is 5.27. The highest BCUT2D eigenvalue weighted by Gasteiger charge is 2.13. The molecule has 4 nitrogen and oxygen atoms in total. The van der Waals surface area contributed by atoms with Gasteiger partial charge in [0.15, 0.2) is 6.29 Å². The minimum absolute atomic E-state index is 0.287. The Kier molecular flexibility index (Phi) is 5.52. The standard InChI is InChI=1S/C19H21NO3/c1-4-20(5-2)17-11-10-16(13-21)18(12-17)23-19(22)15-8-6-14(3)7-9-15/h6-13H,4-5H2,1-3H3. The van der Waals surface area contributed by atoms with Crippen LogP contribution in [0.4, 0.5) is 5.69 Å². The van der Waals surface area contributed by atoms with Crippen molar-refractivity contribution < 1.29 is 14.3 Å². The Bertz CT molecular complexity index is 688. The van der Waals surface area contributed by atoms with E-state index in [1.54, 1.807) is 24.3 Å². The maximum absolute atomic E-state index is 12.3. The van der Waals surface area contributed by atoms with Crippen LogP contribution < -0.4 is 9.64 Å². The Hall–Kier alpha value is -2.62. The number of hydrogen-bond acceptors (Lipinski definition) is 4. The van der Waals surface area contributed by atoms with Crippen LogP contribution in [0.2, 0.25) is 0 Å².